The lowest BCUT2D eigenvalue weighted by Gasteiger charge is -2.01. The van der Waals surface area contributed by atoms with E-state index in [1.807, 2.05) is 25.1 Å². The first-order chi connectivity index (χ1) is 7.78. The van der Waals surface area contributed by atoms with Crippen molar-refractivity contribution in [1.29, 1.82) is 0 Å². The van der Waals surface area contributed by atoms with Crippen LogP contribution in [-0.2, 0) is 6.54 Å². The molecular weight excluding hydrogens is 220 g/mol. The molecule has 0 radical (unpaired) electrons. The summed E-state index contributed by atoms with van der Waals surface area (Å²) in [7, 11) is 0. The van der Waals surface area contributed by atoms with E-state index in [0.29, 0.717) is 11.7 Å². The monoisotopic (exact) mass is 232 g/mol. The molecule has 0 saturated heterocycles. The van der Waals surface area contributed by atoms with E-state index in [1.54, 1.807) is 12.4 Å². The topological polar surface area (TPSA) is 64.7 Å². The van der Waals surface area contributed by atoms with Crippen molar-refractivity contribution in [3.63, 3.8) is 0 Å². The molecule has 0 fully saturated rings. The molecule has 4 nitrogen and oxygen atoms in total. The molecule has 0 unspecified atom stereocenters. The average Bonchev–Trinajstić information content (AvgIpc) is 2.30. The van der Waals surface area contributed by atoms with Crippen molar-refractivity contribution in [2.24, 2.45) is 5.73 Å². The van der Waals surface area contributed by atoms with Crippen LogP contribution in [0, 0.1) is 6.92 Å². The Kier molecular flexibility index (Phi) is 3.48. The van der Waals surface area contributed by atoms with E-state index in [0.717, 1.165) is 16.3 Å². The van der Waals surface area contributed by atoms with Crippen molar-refractivity contribution in [3.05, 3.63) is 41.9 Å². The SMILES string of the molecule is Cc1ccnc(Sc2ccc(CN)cn2)n1. The highest BCUT2D eigenvalue weighted by molar-refractivity contribution is 7.99. The van der Waals surface area contributed by atoms with Crippen LogP contribution in [0.3, 0.4) is 0 Å². The Hall–Kier alpha value is -1.46. The van der Waals surface area contributed by atoms with Crippen molar-refractivity contribution in [1.82, 2.24) is 15.0 Å². The predicted octanol–water partition coefficient (Wildman–Crippen LogP) is 1.79. The third kappa shape index (κ3) is 2.77. The Morgan fingerprint density at radius 1 is 1.25 bits per heavy atom. The first-order valence-corrected chi connectivity index (χ1v) is 5.72. The van der Waals surface area contributed by atoms with Gasteiger partial charge in [0.25, 0.3) is 0 Å². The minimum atomic E-state index is 0.513. The van der Waals surface area contributed by atoms with Gasteiger partial charge in [0, 0.05) is 24.6 Å². The lowest BCUT2D eigenvalue weighted by Crippen LogP contribution is -1.96. The molecule has 0 atom stereocenters. The molecule has 0 aromatic carbocycles. The van der Waals surface area contributed by atoms with Gasteiger partial charge < -0.3 is 5.73 Å². The fraction of sp³-hybridized carbons (Fsp3) is 0.182. The van der Waals surface area contributed by atoms with Crippen molar-refractivity contribution in [3.8, 4) is 0 Å². The Bertz CT molecular complexity index is 470. The number of nitrogens with two attached hydrogens (primary N) is 1. The van der Waals surface area contributed by atoms with Gasteiger partial charge in [-0.2, -0.15) is 0 Å². The largest absolute Gasteiger partial charge is 0.326 e. The number of aryl methyl sites for hydroxylation is 1. The summed E-state index contributed by atoms with van der Waals surface area (Å²) in [6.45, 7) is 2.45. The molecule has 82 valence electrons. The van der Waals surface area contributed by atoms with Crippen molar-refractivity contribution in [2.75, 3.05) is 0 Å². The zero-order valence-electron chi connectivity index (χ0n) is 8.92. The van der Waals surface area contributed by atoms with Gasteiger partial charge in [-0.3, -0.25) is 0 Å². The summed E-state index contributed by atoms with van der Waals surface area (Å²) in [5, 5.41) is 1.59. The number of hydrogen-bond acceptors (Lipinski definition) is 5. The molecule has 0 aliphatic rings. The quantitative estimate of drug-likeness (QED) is 0.817. The van der Waals surface area contributed by atoms with E-state index in [4.69, 9.17) is 5.73 Å². The molecule has 0 spiro atoms. The molecule has 5 heteroatoms. The van der Waals surface area contributed by atoms with Crippen molar-refractivity contribution in [2.45, 2.75) is 23.7 Å². The maximum Gasteiger partial charge on any atom is 0.194 e. The molecular formula is C11H12N4S. The van der Waals surface area contributed by atoms with Crippen LogP contribution in [0.1, 0.15) is 11.3 Å². The van der Waals surface area contributed by atoms with Gasteiger partial charge in [-0.15, -0.1) is 0 Å². The number of pyridine rings is 1. The highest BCUT2D eigenvalue weighted by Gasteiger charge is 2.01. The summed E-state index contributed by atoms with van der Waals surface area (Å²) in [5.74, 6) is 0. The van der Waals surface area contributed by atoms with E-state index in [1.165, 1.54) is 11.8 Å². The molecule has 16 heavy (non-hydrogen) atoms. The smallest absolute Gasteiger partial charge is 0.194 e. The van der Waals surface area contributed by atoms with Crippen LogP contribution in [0.2, 0.25) is 0 Å². The zero-order valence-corrected chi connectivity index (χ0v) is 9.74. The number of nitrogens with zero attached hydrogens (tertiary/aromatic N) is 3. The van der Waals surface area contributed by atoms with Crippen LogP contribution >= 0.6 is 11.8 Å². The summed E-state index contributed by atoms with van der Waals surface area (Å²) in [5.41, 5.74) is 7.48. The number of hydrogen-bond donors (Lipinski definition) is 1. The molecule has 0 amide bonds. The second-order valence-electron chi connectivity index (χ2n) is 3.29. The Balaban J connectivity index is 2.14. The molecule has 2 rings (SSSR count). The molecule has 2 aromatic heterocycles. The molecule has 0 aliphatic carbocycles. The standard InChI is InChI=1S/C11H12N4S/c1-8-4-5-13-11(15-8)16-10-3-2-9(6-12)7-14-10/h2-5,7H,6,12H2,1H3. The fourth-order valence-corrected chi connectivity index (χ4v) is 1.89. The summed E-state index contributed by atoms with van der Waals surface area (Å²) >= 11 is 1.45. The highest BCUT2D eigenvalue weighted by Crippen LogP contribution is 2.22. The normalized spacial score (nSPS) is 10.4. The van der Waals surface area contributed by atoms with Crippen LogP contribution < -0.4 is 5.73 Å². The van der Waals surface area contributed by atoms with Crippen molar-refractivity contribution >= 4 is 11.8 Å². The summed E-state index contributed by atoms with van der Waals surface area (Å²) in [6, 6.07) is 5.76. The van der Waals surface area contributed by atoms with Gasteiger partial charge in [0.1, 0.15) is 5.03 Å². The highest BCUT2D eigenvalue weighted by atomic mass is 32.2. The Labute approximate surface area is 98.3 Å². The molecule has 2 heterocycles. The second kappa shape index (κ2) is 5.05. The number of aromatic nitrogens is 3. The lowest BCUT2D eigenvalue weighted by atomic mass is 10.3. The molecule has 0 bridgehead atoms. The first-order valence-electron chi connectivity index (χ1n) is 4.90. The molecule has 2 aromatic rings. The predicted molar refractivity (Wildman–Crippen MR) is 63.0 cm³/mol. The maximum absolute atomic E-state index is 5.50. The summed E-state index contributed by atoms with van der Waals surface area (Å²) in [6.07, 6.45) is 3.52. The van der Waals surface area contributed by atoms with Gasteiger partial charge in [-0.05, 0) is 36.4 Å². The van der Waals surface area contributed by atoms with Crippen LogP contribution in [0.25, 0.3) is 0 Å². The first kappa shape index (κ1) is 11.0. The Morgan fingerprint density at radius 3 is 2.75 bits per heavy atom. The zero-order chi connectivity index (χ0) is 11.4. The van der Waals surface area contributed by atoms with Crippen LogP contribution in [0.15, 0.2) is 40.8 Å². The van der Waals surface area contributed by atoms with Crippen LogP contribution in [0.5, 0.6) is 0 Å². The van der Waals surface area contributed by atoms with Gasteiger partial charge in [0.15, 0.2) is 5.16 Å². The average molecular weight is 232 g/mol. The van der Waals surface area contributed by atoms with Crippen LogP contribution in [0.4, 0.5) is 0 Å². The van der Waals surface area contributed by atoms with Gasteiger partial charge in [0.05, 0.1) is 0 Å². The fourth-order valence-electron chi connectivity index (χ4n) is 1.16. The van der Waals surface area contributed by atoms with Crippen LogP contribution in [-0.4, -0.2) is 15.0 Å². The lowest BCUT2D eigenvalue weighted by molar-refractivity contribution is 0.925. The maximum atomic E-state index is 5.50. The molecule has 0 aliphatic heterocycles. The van der Waals surface area contributed by atoms with E-state index in [-0.39, 0.29) is 0 Å². The van der Waals surface area contributed by atoms with E-state index in [2.05, 4.69) is 15.0 Å². The second-order valence-corrected chi connectivity index (χ2v) is 4.28. The van der Waals surface area contributed by atoms with Gasteiger partial charge >= 0.3 is 0 Å². The van der Waals surface area contributed by atoms with Gasteiger partial charge in [-0.1, -0.05) is 6.07 Å². The third-order valence-corrected chi connectivity index (χ3v) is 2.83. The Morgan fingerprint density at radius 2 is 2.12 bits per heavy atom. The van der Waals surface area contributed by atoms with E-state index < -0.39 is 0 Å². The third-order valence-electron chi connectivity index (χ3n) is 2.00. The molecule has 0 saturated carbocycles. The minimum absolute atomic E-state index is 0.513. The number of rotatable bonds is 3. The van der Waals surface area contributed by atoms with Crippen molar-refractivity contribution < 1.29 is 0 Å². The van der Waals surface area contributed by atoms with E-state index in [9.17, 15) is 0 Å². The van der Waals surface area contributed by atoms with E-state index >= 15 is 0 Å². The van der Waals surface area contributed by atoms with Gasteiger partial charge in [0.2, 0.25) is 0 Å². The summed E-state index contributed by atoms with van der Waals surface area (Å²) < 4.78 is 0. The molecule has 2 N–H and O–H groups in total. The summed E-state index contributed by atoms with van der Waals surface area (Å²) in [4.78, 5) is 12.7. The van der Waals surface area contributed by atoms with Gasteiger partial charge in [-0.25, -0.2) is 15.0 Å². The minimum Gasteiger partial charge on any atom is -0.326 e.